The Balaban J connectivity index is 1.55. The first-order valence-electron chi connectivity index (χ1n) is 10.0. The molecule has 1 aliphatic rings. The number of nitrogens with zero attached hydrogens (tertiary/aromatic N) is 4. The van der Waals surface area contributed by atoms with Crippen LogP contribution >= 0.6 is 11.6 Å². The maximum absolute atomic E-state index is 13.5. The Kier molecular flexibility index (Phi) is 5.96. The van der Waals surface area contributed by atoms with Crippen molar-refractivity contribution in [3.63, 3.8) is 0 Å². The Labute approximate surface area is 187 Å². The van der Waals surface area contributed by atoms with E-state index in [9.17, 15) is 8.42 Å². The summed E-state index contributed by atoms with van der Waals surface area (Å²) in [6, 6.07) is 15.0. The van der Waals surface area contributed by atoms with Crippen LogP contribution in [0.25, 0.3) is 5.69 Å². The minimum absolute atomic E-state index is 0.278. The lowest BCUT2D eigenvalue weighted by atomic mass is 10.2. The smallest absolute Gasteiger partial charge is 0.246 e. The Bertz CT molecular complexity index is 1170. The van der Waals surface area contributed by atoms with E-state index in [1.807, 2.05) is 36.4 Å². The van der Waals surface area contributed by atoms with Gasteiger partial charge in [-0.25, -0.2) is 13.1 Å². The summed E-state index contributed by atoms with van der Waals surface area (Å²) in [5, 5.41) is 5.11. The summed E-state index contributed by atoms with van der Waals surface area (Å²) in [5.74, 6) is 0.800. The van der Waals surface area contributed by atoms with Gasteiger partial charge < -0.3 is 9.64 Å². The van der Waals surface area contributed by atoms with Gasteiger partial charge in [0.15, 0.2) is 0 Å². The minimum atomic E-state index is -3.66. The van der Waals surface area contributed by atoms with Crippen LogP contribution in [0, 0.1) is 13.8 Å². The van der Waals surface area contributed by atoms with E-state index in [4.69, 9.17) is 16.3 Å². The van der Waals surface area contributed by atoms with E-state index in [0.717, 1.165) is 17.1 Å². The molecule has 0 amide bonds. The number of methoxy groups -OCH3 is 1. The molecule has 2 aromatic carbocycles. The Morgan fingerprint density at radius 2 is 1.48 bits per heavy atom. The van der Waals surface area contributed by atoms with Gasteiger partial charge in [0.25, 0.3) is 0 Å². The maximum atomic E-state index is 13.5. The summed E-state index contributed by atoms with van der Waals surface area (Å²) in [6.45, 7) is 5.59. The maximum Gasteiger partial charge on any atom is 0.246 e. The van der Waals surface area contributed by atoms with Gasteiger partial charge in [-0.2, -0.15) is 9.40 Å². The van der Waals surface area contributed by atoms with Crippen molar-refractivity contribution in [3.8, 4) is 11.4 Å². The van der Waals surface area contributed by atoms with Gasteiger partial charge in [0.2, 0.25) is 10.0 Å². The molecule has 0 N–H and O–H groups in total. The van der Waals surface area contributed by atoms with Gasteiger partial charge in [-0.05, 0) is 62.4 Å². The van der Waals surface area contributed by atoms with Gasteiger partial charge in [0.1, 0.15) is 10.6 Å². The SMILES string of the molecule is COc1ccc(N2CCN(S(=O)(=O)c3c(C)nn(-c4ccc(Cl)cc4)c3C)CC2)cc1. The predicted octanol–water partition coefficient (Wildman–Crippen LogP) is 3.66. The van der Waals surface area contributed by atoms with Gasteiger partial charge in [-0.1, -0.05) is 11.6 Å². The lowest BCUT2D eigenvalue weighted by molar-refractivity contribution is 0.384. The Morgan fingerprint density at radius 1 is 0.903 bits per heavy atom. The first-order chi connectivity index (χ1) is 14.8. The van der Waals surface area contributed by atoms with Crippen molar-refractivity contribution in [2.24, 2.45) is 0 Å². The first kappa shape index (κ1) is 21.7. The van der Waals surface area contributed by atoms with Crippen LogP contribution in [0.4, 0.5) is 5.69 Å². The summed E-state index contributed by atoms with van der Waals surface area (Å²) in [7, 11) is -2.02. The predicted molar refractivity (Wildman–Crippen MR) is 122 cm³/mol. The Morgan fingerprint density at radius 3 is 2.06 bits per heavy atom. The summed E-state index contributed by atoms with van der Waals surface area (Å²) in [4.78, 5) is 2.46. The monoisotopic (exact) mass is 460 g/mol. The summed E-state index contributed by atoms with van der Waals surface area (Å²) < 4.78 is 35.4. The van der Waals surface area contributed by atoms with E-state index in [1.54, 1.807) is 42.1 Å². The molecule has 0 unspecified atom stereocenters. The lowest BCUT2D eigenvalue weighted by Crippen LogP contribution is -2.48. The number of hydrogen-bond acceptors (Lipinski definition) is 5. The highest BCUT2D eigenvalue weighted by Crippen LogP contribution is 2.28. The number of rotatable bonds is 5. The van der Waals surface area contributed by atoms with Crippen LogP contribution in [0.2, 0.25) is 5.02 Å². The second-order valence-electron chi connectivity index (χ2n) is 7.48. The molecule has 1 saturated heterocycles. The molecule has 0 saturated carbocycles. The summed E-state index contributed by atoms with van der Waals surface area (Å²) >= 11 is 5.98. The zero-order valence-corrected chi connectivity index (χ0v) is 19.3. The second-order valence-corrected chi connectivity index (χ2v) is 9.79. The molecule has 4 rings (SSSR count). The number of anilines is 1. The Hall–Kier alpha value is -2.55. The zero-order chi connectivity index (χ0) is 22.2. The molecule has 1 aliphatic heterocycles. The van der Waals surface area contributed by atoms with Crippen molar-refractivity contribution in [3.05, 3.63) is 64.9 Å². The number of sulfonamides is 1. The number of ether oxygens (including phenoxy) is 1. The van der Waals surface area contributed by atoms with E-state index in [2.05, 4.69) is 10.00 Å². The molecule has 0 atom stereocenters. The van der Waals surface area contributed by atoms with Crippen molar-refractivity contribution >= 4 is 27.3 Å². The van der Waals surface area contributed by atoms with Crippen LogP contribution in [0.1, 0.15) is 11.4 Å². The van der Waals surface area contributed by atoms with Gasteiger partial charge >= 0.3 is 0 Å². The number of aryl methyl sites for hydroxylation is 1. The average molecular weight is 461 g/mol. The van der Waals surface area contributed by atoms with E-state index >= 15 is 0 Å². The summed E-state index contributed by atoms with van der Waals surface area (Å²) in [5.41, 5.74) is 2.92. The number of aromatic nitrogens is 2. The topological polar surface area (TPSA) is 67.7 Å². The zero-order valence-electron chi connectivity index (χ0n) is 17.7. The third kappa shape index (κ3) is 4.15. The number of halogens is 1. The quantitative estimate of drug-likeness (QED) is 0.581. The normalized spacial score (nSPS) is 15.3. The van der Waals surface area contributed by atoms with E-state index in [0.29, 0.717) is 42.6 Å². The number of hydrogen-bond donors (Lipinski definition) is 0. The standard InChI is InChI=1S/C22H25ClN4O3S/c1-16-22(17(2)27(24-16)20-6-4-18(23)5-7-20)31(28,29)26-14-12-25(13-15-26)19-8-10-21(30-3)11-9-19/h4-11H,12-15H2,1-3H3. The van der Waals surface area contributed by atoms with Crippen molar-refractivity contribution in [1.82, 2.24) is 14.1 Å². The number of benzene rings is 2. The molecule has 0 spiro atoms. The molecule has 7 nitrogen and oxygen atoms in total. The minimum Gasteiger partial charge on any atom is -0.497 e. The van der Waals surface area contributed by atoms with E-state index in [-0.39, 0.29) is 4.90 Å². The highest BCUT2D eigenvalue weighted by atomic mass is 35.5. The molecule has 0 aliphatic carbocycles. The molecular formula is C22H25ClN4O3S. The molecule has 2 heterocycles. The number of piperazine rings is 1. The van der Waals surface area contributed by atoms with Gasteiger partial charge in [-0.15, -0.1) is 0 Å². The van der Waals surface area contributed by atoms with Crippen molar-refractivity contribution in [1.29, 1.82) is 0 Å². The van der Waals surface area contributed by atoms with Gasteiger partial charge in [-0.3, -0.25) is 0 Å². The van der Waals surface area contributed by atoms with E-state index < -0.39 is 10.0 Å². The first-order valence-corrected chi connectivity index (χ1v) is 11.8. The average Bonchev–Trinajstić information content (AvgIpc) is 3.09. The fourth-order valence-corrected chi connectivity index (χ4v) is 5.85. The third-order valence-corrected chi connectivity index (χ3v) is 7.97. The van der Waals surface area contributed by atoms with Crippen LogP contribution in [0.3, 0.4) is 0 Å². The molecule has 9 heteroatoms. The summed E-state index contributed by atoms with van der Waals surface area (Å²) in [6.07, 6.45) is 0. The van der Waals surface area contributed by atoms with Crippen LogP contribution < -0.4 is 9.64 Å². The molecule has 164 valence electrons. The van der Waals surface area contributed by atoms with Crippen LogP contribution in [0.5, 0.6) is 5.75 Å². The lowest BCUT2D eigenvalue weighted by Gasteiger charge is -2.35. The highest BCUT2D eigenvalue weighted by molar-refractivity contribution is 7.89. The van der Waals surface area contributed by atoms with Crippen molar-refractivity contribution in [2.75, 3.05) is 38.2 Å². The van der Waals surface area contributed by atoms with Crippen molar-refractivity contribution < 1.29 is 13.2 Å². The van der Waals surface area contributed by atoms with Gasteiger partial charge in [0, 0.05) is 36.9 Å². The van der Waals surface area contributed by atoms with E-state index in [1.165, 1.54) is 0 Å². The fraction of sp³-hybridized carbons (Fsp3) is 0.318. The second kappa shape index (κ2) is 8.53. The third-order valence-electron chi connectivity index (χ3n) is 5.57. The van der Waals surface area contributed by atoms with Crippen LogP contribution in [-0.4, -0.2) is 55.8 Å². The molecule has 3 aromatic rings. The van der Waals surface area contributed by atoms with Crippen molar-refractivity contribution in [2.45, 2.75) is 18.7 Å². The molecule has 1 aromatic heterocycles. The van der Waals surface area contributed by atoms with Crippen LogP contribution in [-0.2, 0) is 10.0 Å². The van der Waals surface area contributed by atoms with Gasteiger partial charge in [0.05, 0.1) is 24.2 Å². The molecule has 0 radical (unpaired) electrons. The molecule has 0 bridgehead atoms. The largest absolute Gasteiger partial charge is 0.497 e. The van der Waals surface area contributed by atoms with Crippen LogP contribution in [0.15, 0.2) is 53.4 Å². The molecule has 1 fully saturated rings. The fourth-order valence-electron chi connectivity index (χ4n) is 3.94. The highest BCUT2D eigenvalue weighted by Gasteiger charge is 2.33. The molecular weight excluding hydrogens is 436 g/mol. The molecule has 31 heavy (non-hydrogen) atoms.